The van der Waals surface area contributed by atoms with Gasteiger partial charge in [0.1, 0.15) is 6.04 Å². The minimum absolute atomic E-state index is 0. The van der Waals surface area contributed by atoms with Crippen molar-refractivity contribution in [3.05, 3.63) is 0 Å². The van der Waals surface area contributed by atoms with Crippen LogP contribution in [-0.4, -0.2) is 41.6 Å². The Morgan fingerprint density at radius 2 is 1.68 bits per heavy atom. The maximum atomic E-state index is 11.7. The number of hydrogen-bond acceptors (Lipinski definition) is 4. The summed E-state index contributed by atoms with van der Waals surface area (Å²) in [6, 6.07) is -1.70. The molecule has 0 aliphatic heterocycles. The van der Waals surface area contributed by atoms with Crippen molar-refractivity contribution in [2.45, 2.75) is 38.8 Å². The normalized spacial score (nSPS) is 11.8. The molecule has 134 valence electrons. The van der Waals surface area contributed by atoms with Gasteiger partial charge in [-0.2, -0.15) is 0 Å². The molecule has 1 amide bonds. The van der Waals surface area contributed by atoms with Gasteiger partial charge in [0, 0.05) is 6.54 Å². The maximum Gasteiger partial charge on any atom is 0.326 e. The summed E-state index contributed by atoms with van der Waals surface area (Å²) in [7, 11) is 0. The van der Waals surface area contributed by atoms with Crippen LogP contribution in [0.15, 0.2) is 4.99 Å². The molecule has 0 saturated carbocycles. The molecule has 0 radical (unpaired) electrons. The first-order chi connectivity index (χ1) is 8.75. The van der Waals surface area contributed by atoms with Crippen molar-refractivity contribution in [1.82, 2.24) is 5.32 Å². The Labute approximate surface area is 148 Å². The summed E-state index contributed by atoms with van der Waals surface area (Å²) in [6.07, 6.45) is 0.930. The van der Waals surface area contributed by atoms with Crippen LogP contribution in [0.5, 0.6) is 0 Å². The minimum Gasteiger partial charge on any atom is -0.480 e. The summed E-state index contributed by atoms with van der Waals surface area (Å²) in [5, 5.41) is 11.4. The number of rotatable bonds is 8. The molecule has 1 unspecified atom stereocenters. The number of hydrogen-bond donors (Lipinski definition) is 5. The number of amides is 1. The molecule has 0 aromatic heterocycles. The highest BCUT2D eigenvalue weighted by Gasteiger charge is 2.25. The van der Waals surface area contributed by atoms with Gasteiger partial charge >= 0.3 is 5.97 Å². The maximum absolute atomic E-state index is 11.7. The quantitative estimate of drug-likeness (QED) is 0.223. The highest BCUT2D eigenvalue weighted by atomic mass is 35.5. The predicted octanol–water partition coefficient (Wildman–Crippen LogP) is -0.142. The molecule has 0 aromatic rings. The Morgan fingerprint density at radius 1 is 1.18 bits per heavy atom. The van der Waals surface area contributed by atoms with E-state index in [1.165, 1.54) is 0 Å². The molecule has 0 saturated heterocycles. The van der Waals surface area contributed by atoms with Gasteiger partial charge in [0.05, 0.1) is 6.04 Å². The first-order valence-electron chi connectivity index (χ1n) is 6.09. The molecule has 0 spiro atoms. The standard InChI is InChI=1S/C11H23N5O3.3ClH/c1-6(2)8(10(18)19)16-9(17)7(12)4-3-5-15-11(13)14;;;/h6-8H,3-5,12H2,1-2H3,(H,16,17)(H,18,19)(H4,13,14,15);3*1H/t7-,8?;;;/m0.../s1. The van der Waals surface area contributed by atoms with E-state index >= 15 is 0 Å². The van der Waals surface area contributed by atoms with Gasteiger partial charge in [0.2, 0.25) is 5.91 Å². The van der Waals surface area contributed by atoms with E-state index in [2.05, 4.69) is 10.3 Å². The molecule has 0 aliphatic carbocycles. The van der Waals surface area contributed by atoms with Crippen molar-refractivity contribution >= 4 is 55.1 Å². The van der Waals surface area contributed by atoms with E-state index in [9.17, 15) is 9.59 Å². The zero-order valence-corrected chi connectivity index (χ0v) is 15.0. The lowest BCUT2D eigenvalue weighted by molar-refractivity contribution is -0.143. The number of aliphatic carboxylic acids is 1. The molecule has 2 atom stereocenters. The van der Waals surface area contributed by atoms with Gasteiger partial charge in [-0.15, -0.1) is 37.2 Å². The third kappa shape index (κ3) is 12.8. The van der Waals surface area contributed by atoms with Crippen molar-refractivity contribution in [1.29, 1.82) is 0 Å². The summed E-state index contributed by atoms with van der Waals surface area (Å²) in [5.41, 5.74) is 16.0. The molecule has 22 heavy (non-hydrogen) atoms. The molecule has 0 aromatic carbocycles. The average molecular weight is 383 g/mol. The fraction of sp³-hybridized carbons (Fsp3) is 0.727. The van der Waals surface area contributed by atoms with E-state index in [0.717, 1.165) is 0 Å². The fourth-order valence-electron chi connectivity index (χ4n) is 1.42. The van der Waals surface area contributed by atoms with Gasteiger partial charge in [0.15, 0.2) is 5.96 Å². The summed E-state index contributed by atoms with van der Waals surface area (Å²) in [5.74, 6) is -1.78. The molecule has 8 N–H and O–H groups in total. The number of aliphatic imine (C=N–C) groups is 1. The number of nitrogens with one attached hydrogen (secondary N) is 1. The number of nitrogens with zero attached hydrogens (tertiary/aromatic N) is 1. The van der Waals surface area contributed by atoms with Gasteiger partial charge in [-0.05, 0) is 18.8 Å². The minimum atomic E-state index is -1.07. The van der Waals surface area contributed by atoms with Crippen LogP contribution >= 0.6 is 37.2 Å². The molecule has 0 rings (SSSR count). The van der Waals surface area contributed by atoms with E-state index in [4.69, 9.17) is 22.3 Å². The lowest BCUT2D eigenvalue weighted by Crippen LogP contribution is -2.50. The number of nitrogens with two attached hydrogens (primary N) is 3. The second-order valence-corrected chi connectivity index (χ2v) is 4.62. The SMILES string of the molecule is CC(C)C(NC(=O)[C@@H](N)CCCN=C(N)N)C(=O)O.Cl.Cl.Cl. The molecule has 0 aliphatic rings. The van der Waals surface area contributed by atoms with Crippen LogP contribution in [0.3, 0.4) is 0 Å². The van der Waals surface area contributed by atoms with Crippen LogP contribution in [0.1, 0.15) is 26.7 Å². The highest BCUT2D eigenvalue weighted by molar-refractivity contribution is 5.87. The first kappa shape index (κ1) is 29.1. The van der Waals surface area contributed by atoms with Crippen LogP contribution in [0.2, 0.25) is 0 Å². The number of carbonyl (C=O) groups excluding carboxylic acids is 1. The number of carbonyl (C=O) groups is 2. The molecular formula is C11H26Cl3N5O3. The van der Waals surface area contributed by atoms with E-state index in [1.807, 2.05) is 0 Å². The first-order valence-corrected chi connectivity index (χ1v) is 6.09. The fourth-order valence-corrected chi connectivity index (χ4v) is 1.42. The predicted molar refractivity (Wildman–Crippen MR) is 94.0 cm³/mol. The van der Waals surface area contributed by atoms with Crippen LogP contribution in [0.25, 0.3) is 0 Å². The third-order valence-electron chi connectivity index (χ3n) is 2.53. The second-order valence-electron chi connectivity index (χ2n) is 4.62. The van der Waals surface area contributed by atoms with E-state index in [0.29, 0.717) is 19.4 Å². The number of halogens is 3. The van der Waals surface area contributed by atoms with Crippen molar-refractivity contribution in [3.63, 3.8) is 0 Å². The molecule has 0 bridgehead atoms. The third-order valence-corrected chi connectivity index (χ3v) is 2.53. The van der Waals surface area contributed by atoms with Crippen molar-refractivity contribution in [2.75, 3.05) is 6.54 Å². The Hall–Kier alpha value is -0.960. The number of carboxylic acid groups (broad SMARTS) is 1. The zero-order chi connectivity index (χ0) is 15.0. The molecule has 0 fully saturated rings. The molecule has 0 heterocycles. The highest BCUT2D eigenvalue weighted by Crippen LogP contribution is 2.03. The van der Waals surface area contributed by atoms with Crippen molar-refractivity contribution in [2.24, 2.45) is 28.1 Å². The lowest BCUT2D eigenvalue weighted by Gasteiger charge is -2.20. The van der Waals surface area contributed by atoms with Gasteiger partial charge in [-0.25, -0.2) is 4.79 Å². The van der Waals surface area contributed by atoms with Crippen LogP contribution < -0.4 is 22.5 Å². The lowest BCUT2D eigenvalue weighted by atomic mass is 10.0. The van der Waals surface area contributed by atoms with Gasteiger partial charge in [-0.3, -0.25) is 9.79 Å². The Bertz CT molecular complexity index is 352. The van der Waals surface area contributed by atoms with Crippen LogP contribution in [0, 0.1) is 5.92 Å². The zero-order valence-electron chi connectivity index (χ0n) is 12.5. The van der Waals surface area contributed by atoms with Crippen LogP contribution in [0.4, 0.5) is 0 Å². The van der Waals surface area contributed by atoms with Crippen molar-refractivity contribution in [3.8, 4) is 0 Å². The Balaban J connectivity index is -0.000000540. The summed E-state index contributed by atoms with van der Waals surface area (Å²) < 4.78 is 0. The number of guanidine groups is 1. The average Bonchev–Trinajstić information content (AvgIpc) is 2.29. The van der Waals surface area contributed by atoms with Crippen LogP contribution in [-0.2, 0) is 9.59 Å². The summed E-state index contributed by atoms with van der Waals surface area (Å²) in [4.78, 5) is 26.4. The molecule has 11 heteroatoms. The van der Waals surface area contributed by atoms with Gasteiger partial charge < -0.3 is 27.6 Å². The Kier molecular flexibility index (Phi) is 19.8. The number of carboxylic acids is 1. The van der Waals surface area contributed by atoms with E-state index in [1.54, 1.807) is 13.8 Å². The monoisotopic (exact) mass is 381 g/mol. The Morgan fingerprint density at radius 3 is 2.05 bits per heavy atom. The largest absolute Gasteiger partial charge is 0.480 e. The molecule has 8 nitrogen and oxygen atoms in total. The van der Waals surface area contributed by atoms with Gasteiger partial charge in [0.25, 0.3) is 0 Å². The van der Waals surface area contributed by atoms with E-state index in [-0.39, 0.29) is 49.1 Å². The smallest absolute Gasteiger partial charge is 0.326 e. The second kappa shape index (κ2) is 15.0. The summed E-state index contributed by atoms with van der Waals surface area (Å²) in [6.45, 7) is 3.81. The summed E-state index contributed by atoms with van der Waals surface area (Å²) >= 11 is 0. The topological polar surface area (TPSA) is 157 Å². The van der Waals surface area contributed by atoms with Gasteiger partial charge in [-0.1, -0.05) is 13.8 Å². The molecular weight excluding hydrogens is 357 g/mol. The van der Waals surface area contributed by atoms with Crippen molar-refractivity contribution < 1.29 is 14.7 Å². The van der Waals surface area contributed by atoms with E-state index < -0.39 is 24.0 Å².